The lowest BCUT2D eigenvalue weighted by molar-refractivity contribution is -0.0384. The van der Waals surface area contributed by atoms with Crippen LogP contribution in [0.5, 0.6) is 0 Å². The number of nitrogens with zero attached hydrogens (tertiary/aromatic N) is 4. The maximum Gasteiger partial charge on any atom is 0.333 e. The minimum Gasteiger partial charge on any atom is -0.260 e. The molecule has 1 aliphatic carbocycles. The molecule has 2 heterocycles. The van der Waals surface area contributed by atoms with Crippen LogP contribution in [-0.4, -0.2) is 20.7 Å². The third-order valence-corrected chi connectivity index (χ3v) is 4.27. The van der Waals surface area contributed by atoms with Crippen molar-refractivity contribution in [1.82, 2.24) is 14.8 Å². The number of alkyl halides is 4. The van der Waals surface area contributed by atoms with Crippen LogP contribution in [0.1, 0.15) is 49.4 Å². The molecule has 0 amide bonds. The fourth-order valence-corrected chi connectivity index (χ4v) is 2.92. The minimum atomic E-state index is -2.77. The van der Waals surface area contributed by atoms with Gasteiger partial charge in [-0.3, -0.25) is 4.98 Å². The molecule has 0 atom stereocenters. The Morgan fingerprint density at radius 1 is 1.29 bits per heavy atom. The highest BCUT2D eigenvalue weighted by Crippen LogP contribution is 2.41. The van der Waals surface area contributed by atoms with Crippen molar-refractivity contribution in [1.29, 1.82) is 5.26 Å². The first kappa shape index (κ1) is 16.4. The molecule has 1 aliphatic rings. The smallest absolute Gasteiger partial charge is 0.260 e. The summed E-state index contributed by atoms with van der Waals surface area (Å²) in [6.45, 7) is -2.77. The molecule has 0 N–H and O–H groups in total. The molecule has 0 aromatic carbocycles. The lowest BCUT2D eigenvalue weighted by atomic mass is 9.84. The van der Waals surface area contributed by atoms with Crippen molar-refractivity contribution >= 4 is 0 Å². The zero-order chi connectivity index (χ0) is 17.3. The molecule has 3 rings (SSSR count). The molecule has 24 heavy (non-hydrogen) atoms. The second kappa shape index (κ2) is 6.23. The van der Waals surface area contributed by atoms with Crippen molar-refractivity contribution in [2.24, 2.45) is 0 Å². The molecular weight excluding hydrogens is 324 g/mol. The lowest BCUT2D eigenvalue weighted by Crippen LogP contribution is -2.24. The van der Waals surface area contributed by atoms with Gasteiger partial charge >= 0.3 is 6.55 Å². The van der Waals surface area contributed by atoms with Crippen LogP contribution in [0.4, 0.5) is 17.6 Å². The summed E-state index contributed by atoms with van der Waals surface area (Å²) in [6.07, 6.45) is 2.68. The summed E-state index contributed by atoms with van der Waals surface area (Å²) in [4.78, 5) is 4.20. The van der Waals surface area contributed by atoms with Gasteiger partial charge in [-0.05, 0) is 25.0 Å². The van der Waals surface area contributed by atoms with E-state index in [4.69, 9.17) is 0 Å². The normalized spacial score (nSPS) is 17.8. The standard InChI is InChI=1S/C16H14F4N4/c17-15(18)24-6-3-13(23-24)12-7-14(22-9-11(12)8-21)10-1-4-16(19,20)5-2-10/h3,6-7,9-10,15H,1-2,4-5H2. The van der Waals surface area contributed by atoms with E-state index in [2.05, 4.69) is 10.1 Å². The number of hydrogen-bond acceptors (Lipinski definition) is 3. The van der Waals surface area contributed by atoms with Gasteiger partial charge in [0.25, 0.3) is 0 Å². The highest BCUT2D eigenvalue weighted by molar-refractivity contribution is 5.67. The Kier molecular flexibility index (Phi) is 4.26. The van der Waals surface area contributed by atoms with Gasteiger partial charge in [0.1, 0.15) is 6.07 Å². The number of pyridine rings is 1. The van der Waals surface area contributed by atoms with E-state index in [9.17, 15) is 22.8 Å². The average Bonchev–Trinajstić information content (AvgIpc) is 3.04. The van der Waals surface area contributed by atoms with Gasteiger partial charge in [-0.25, -0.2) is 13.5 Å². The second-order valence-electron chi connectivity index (χ2n) is 5.86. The van der Waals surface area contributed by atoms with Crippen LogP contribution < -0.4 is 0 Å². The fraction of sp³-hybridized carbons (Fsp3) is 0.438. The summed E-state index contributed by atoms with van der Waals surface area (Å²) >= 11 is 0. The number of hydrogen-bond donors (Lipinski definition) is 0. The van der Waals surface area contributed by atoms with Gasteiger partial charge in [0.2, 0.25) is 5.92 Å². The Morgan fingerprint density at radius 3 is 2.58 bits per heavy atom. The van der Waals surface area contributed by atoms with Gasteiger partial charge in [0, 0.05) is 42.4 Å². The molecule has 1 fully saturated rings. The van der Waals surface area contributed by atoms with Crippen LogP contribution in [0, 0.1) is 11.3 Å². The van der Waals surface area contributed by atoms with Crippen LogP contribution in [0.3, 0.4) is 0 Å². The van der Waals surface area contributed by atoms with Crippen LogP contribution in [0.25, 0.3) is 11.3 Å². The molecular formula is C16H14F4N4. The van der Waals surface area contributed by atoms with E-state index >= 15 is 0 Å². The molecule has 0 radical (unpaired) electrons. The third-order valence-electron chi connectivity index (χ3n) is 4.27. The van der Waals surface area contributed by atoms with E-state index in [0.29, 0.717) is 28.8 Å². The van der Waals surface area contributed by atoms with Crippen molar-refractivity contribution in [3.05, 3.63) is 35.8 Å². The fourth-order valence-electron chi connectivity index (χ4n) is 2.92. The Hall–Kier alpha value is -2.43. The Labute approximate surface area is 135 Å². The maximum atomic E-state index is 13.3. The summed E-state index contributed by atoms with van der Waals surface area (Å²) in [5.74, 6) is -2.77. The Morgan fingerprint density at radius 2 is 2.00 bits per heavy atom. The molecule has 0 unspecified atom stereocenters. The van der Waals surface area contributed by atoms with Crippen LogP contribution >= 0.6 is 0 Å². The van der Waals surface area contributed by atoms with E-state index in [0.717, 1.165) is 6.20 Å². The summed E-state index contributed by atoms with van der Waals surface area (Å²) < 4.78 is 52.4. The predicted octanol–water partition coefficient (Wildman–Crippen LogP) is 4.50. The monoisotopic (exact) mass is 338 g/mol. The van der Waals surface area contributed by atoms with Gasteiger partial charge in [0.05, 0.1) is 11.3 Å². The SMILES string of the molecule is N#Cc1cnc(C2CCC(F)(F)CC2)cc1-c1ccn(C(F)F)n1. The molecule has 8 heteroatoms. The first-order valence-electron chi connectivity index (χ1n) is 7.51. The van der Waals surface area contributed by atoms with E-state index in [1.165, 1.54) is 12.3 Å². The maximum absolute atomic E-state index is 13.3. The molecule has 4 nitrogen and oxygen atoms in total. The largest absolute Gasteiger partial charge is 0.333 e. The van der Waals surface area contributed by atoms with Crippen molar-refractivity contribution in [3.8, 4) is 17.3 Å². The molecule has 0 aliphatic heterocycles. The minimum absolute atomic E-state index is 0.131. The lowest BCUT2D eigenvalue weighted by Gasteiger charge is -2.28. The molecule has 0 saturated heterocycles. The number of halogens is 4. The van der Waals surface area contributed by atoms with Crippen LogP contribution in [0.2, 0.25) is 0 Å². The predicted molar refractivity (Wildman–Crippen MR) is 77.6 cm³/mol. The molecule has 0 bridgehead atoms. The van der Waals surface area contributed by atoms with Crippen molar-refractivity contribution in [2.45, 2.75) is 44.1 Å². The van der Waals surface area contributed by atoms with Crippen molar-refractivity contribution in [3.63, 3.8) is 0 Å². The van der Waals surface area contributed by atoms with Crippen molar-refractivity contribution in [2.75, 3.05) is 0 Å². The van der Waals surface area contributed by atoms with Gasteiger partial charge in [-0.1, -0.05) is 0 Å². The zero-order valence-corrected chi connectivity index (χ0v) is 12.6. The van der Waals surface area contributed by atoms with Crippen LogP contribution in [0.15, 0.2) is 24.5 Å². The van der Waals surface area contributed by atoms with Crippen LogP contribution in [-0.2, 0) is 0 Å². The van der Waals surface area contributed by atoms with Crippen molar-refractivity contribution < 1.29 is 17.6 Å². The van der Waals surface area contributed by atoms with Gasteiger partial charge in [0.15, 0.2) is 0 Å². The first-order chi connectivity index (χ1) is 11.4. The van der Waals surface area contributed by atoms with E-state index in [1.54, 1.807) is 6.07 Å². The van der Waals surface area contributed by atoms with E-state index < -0.39 is 12.5 Å². The molecule has 2 aromatic rings. The number of aromatic nitrogens is 3. The topological polar surface area (TPSA) is 54.5 Å². The number of nitriles is 1. The first-order valence-corrected chi connectivity index (χ1v) is 7.51. The Balaban J connectivity index is 1.92. The average molecular weight is 338 g/mol. The quantitative estimate of drug-likeness (QED) is 0.774. The zero-order valence-electron chi connectivity index (χ0n) is 12.6. The molecule has 1 saturated carbocycles. The summed E-state index contributed by atoms with van der Waals surface area (Å²) in [5, 5.41) is 13.0. The molecule has 0 spiro atoms. The molecule has 126 valence electrons. The van der Waals surface area contributed by atoms with Gasteiger partial charge < -0.3 is 0 Å². The highest BCUT2D eigenvalue weighted by atomic mass is 19.3. The second-order valence-corrected chi connectivity index (χ2v) is 5.86. The third kappa shape index (κ3) is 3.25. The number of rotatable bonds is 3. The van der Waals surface area contributed by atoms with Gasteiger partial charge in [-0.15, -0.1) is 0 Å². The Bertz CT molecular complexity index is 769. The van der Waals surface area contributed by atoms with E-state index in [-0.39, 0.29) is 30.0 Å². The summed E-state index contributed by atoms with van der Waals surface area (Å²) in [6, 6.07) is 4.95. The summed E-state index contributed by atoms with van der Waals surface area (Å²) in [7, 11) is 0. The molecule has 2 aromatic heterocycles. The van der Waals surface area contributed by atoms with E-state index in [1.807, 2.05) is 6.07 Å². The summed E-state index contributed by atoms with van der Waals surface area (Å²) in [5.41, 5.74) is 1.42. The highest BCUT2D eigenvalue weighted by Gasteiger charge is 2.36. The van der Waals surface area contributed by atoms with Gasteiger partial charge in [-0.2, -0.15) is 19.1 Å².